The topological polar surface area (TPSA) is 162 Å². The number of carbonyl (C=O) groups excluding carboxylic acids is 1. The summed E-state index contributed by atoms with van der Waals surface area (Å²) in [6, 6.07) is 17.3. The Balaban J connectivity index is 1.32. The quantitative estimate of drug-likeness (QED) is 0.292. The van der Waals surface area contributed by atoms with E-state index in [9.17, 15) is 13.2 Å². The van der Waals surface area contributed by atoms with Crippen LogP contribution in [0, 0.1) is 0 Å². The van der Waals surface area contributed by atoms with E-state index < -0.39 is 10.0 Å². The van der Waals surface area contributed by atoms with Crippen molar-refractivity contribution in [3.63, 3.8) is 0 Å². The van der Waals surface area contributed by atoms with Crippen LogP contribution in [0.3, 0.4) is 0 Å². The van der Waals surface area contributed by atoms with Crippen molar-refractivity contribution in [2.75, 3.05) is 43.5 Å². The third-order valence-corrected chi connectivity index (χ3v) is 7.15. The van der Waals surface area contributed by atoms with Gasteiger partial charge in [-0.25, -0.2) is 28.3 Å². The van der Waals surface area contributed by atoms with Crippen LogP contribution in [0.25, 0.3) is 22.3 Å². The lowest BCUT2D eigenvalue weighted by Gasteiger charge is -2.26. The number of nitrogens with zero attached hydrogens (tertiary/aromatic N) is 4. The van der Waals surface area contributed by atoms with E-state index in [2.05, 4.69) is 20.6 Å². The number of rotatable bonds is 8. The molecule has 3 heterocycles. The Morgan fingerprint density at radius 2 is 1.73 bits per heavy atom. The van der Waals surface area contributed by atoms with Gasteiger partial charge in [-0.2, -0.15) is 4.98 Å². The number of primary sulfonamides is 1. The Morgan fingerprint density at radius 3 is 2.40 bits per heavy atom. The molecule has 0 spiro atoms. The number of aromatic nitrogens is 3. The van der Waals surface area contributed by atoms with Crippen LogP contribution in [-0.2, 0) is 21.3 Å². The summed E-state index contributed by atoms with van der Waals surface area (Å²) in [7, 11) is -3.75. The highest BCUT2D eigenvalue weighted by molar-refractivity contribution is 7.89. The van der Waals surface area contributed by atoms with Gasteiger partial charge in [0.15, 0.2) is 5.52 Å². The van der Waals surface area contributed by atoms with Gasteiger partial charge >= 0.3 is 6.03 Å². The van der Waals surface area contributed by atoms with Crippen molar-refractivity contribution >= 4 is 38.7 Å². The zero-order chi connectivity index (χ0) is 28.1. The van der Waals surface area contributed by atoms with Crippen molar-refractivity contribution in [1.29, 1.82) is 0 Å². The van der Waals surface area contributed by atoms with Gasteiger partial charge < -0.3 is 25.0 Å². The molecule has 13 heteroatoms. The minimum absolute atomic E-state index is 0.0473. The molecule has 208 valence electrons. The molecule has 1 saturated heterocycles. The molecule has 0 bridgehead atoms. The molecule has 12 nitrogen and oxygen atoms in total. The number of urea groups is 1. The van der Waals surface area contributed by atoms with Gasteiger partial charge in [0, 0.05) is 30.9 Å². The summed E-state index contributed by atoms with van der Waals surface area (Å²) < 4.78 is 34.0. The number of ether oxygens (including phenoxy) is 2. The zero-order valence-electron chi connectivity index (χ0n) is 21.8. The largest absolute Gasteiger partial charge is 0.476 e. The molecule has 0 atom stereocenters. The summed E-state index contributed by atoms with van der Waals surface area (Å²) in [5.74, 6) is 0.692. The number of pyridine rings is 1. The van der Waals surface area contributed by atoms with E-state index in [0.717, 1.165) is 11.1 Å². The number of benzene rings is 2. The number of anilines is 2. The first-order chi connectivity index (χ1) is 19.3. The predicted octanol–water partition coefficient (Wildman–Crippen LogP) is 3.21. The van der Waals surface area contributed by atoms with Crippen molar-refractivity contribution in [3.8, 4) is 17.1 Å². The smallest absolute Gasteiger partial charge is 0.321 e. The van der Waals surface area contributed by atoms with Gasteiger partial charge in [-0.1, -0.05) is 24.3 Å². The van der Waals surface area contributed by atoms with Crippen molar-refractivity contribution in [2.24, 2.45) is 5.14 Å². The molecule has 1 aliphatic heterocycles. The third kappa shape index (κ3) is 6.45. The van der Waals surface area contributed by atoms with Gasteiger partial charge in [-0.3, -0.25) is 0 Å². The summed E-state index contributed by atoms with van der Waals surface area (Å²) in [6.45, 7) is 4.85. The molecule has 0 saturated carbocycles. The number of amides is 2. The Bertz CT molecular complexity index is 1610. The van der Waals surface area contributed by atoms with Crippen LogP contribution in [0.5, 0.6) is 5.88 Å². The Morgan fingerprint density at radius 1 is 1.00 bits per heavy atom. The lowest BCUT2D eigenvalue weighted by Crippen LogP contribution is -2.43. The number of carbonyl (C=O) groups is 1. The predicted molar refractivity (Wildman–Crippen MR) is 150 cm³/mol. The van der Waals surface area contributed by atoms with Gasteiger partial charge in [0.2, 0.25) is 21.9 Å². The molecular weight excluding hydrogens is 534 g/mol. The lowest BCUT2D eigenvalue weighted by molar-refractivity contribution is 0.0564. The molecule has 2 amide bonds. The highest BCUT2D eigenvalue weighted by Gasteiger charge is 2.17. The molecule has 2 aromatic carbocycles. The second-order valence-corrected chi connectivity index (χ2v) is 10.6. The second-order valence-electron chi connectivity index (χ2n) is 9.00. The minimum Gasteiger partial charge on any atom is -0.476 e. The molecule has 0 unspecified atom stereocenters. The summed E-state index contributed by atoms with van der Waals surface area (Å²) in [5.41, 5.74) is 4.20. The van der Waals surface area contributed by atoms with Gasteiger partial charge in [0.05, 0.1) is 35.9 Å². The first-order valence-corrected chi connectivity index (χ1v) is 14.3. The second kappa shape index (κ2) is 11.8. The number of hydrogen-bond donors (Lipinski definition) is 3. The fraction of sp³-hybridized carbons (Fsp3) is 0.259. The van der Waals surface area contributed by atoms with Crippen LogP contribution in [0.15, 0.2) is 65.6 Å². The molecule has 0 radical (unpaired) electrons. The van der Waals surface area contributed by atoms with E-state index in [0.29, 0.717) is 73.7 Å². The maximum Gasteiger partial charge on any atom is 0.321 e. The van der Waals surface area contributed by atoms with Crippen LogP contribution in [-0.4, -0.2) is 67.2 Å². The van der Waals surface area contributed by atoms with E-state index in [1.165, 1.54) is 12.1 Å². The molecule has 5 rings (SSSR count). The Labute approximate surface area is 231 Å². The molecular formula is C27H29N7O5S. The van der Waals surface area contributed by atoms with E-state index in [4.69, 9.17) is 19.6 Å². The number of nitrogens with two attached hydrogens (primary N) is 1. The zero-order valence-corrected chi connectivity index (χ0v) is 22.6. The maximum absolute atomic E-state index is 12.5. The van der Waals surface area contributed by atoms with Gasteiger partial charge in [-0.05, 0) is 48.9 Å². The summed E-state index contributed by atoms with van der Waals surface area (Å²) in [4.78, 5) is 28.1. The minimum atomic E-state index is -3.75. The summed E-state index contributed by atoms with van der Waals surface area (Å²) >= 11 is 0. The van der Waals surface area contributed by atoms with Gasteiger partial charge in [0.25, 0.3) is 0 Å². The van der Waals surface area contributed by atoms with Crippen molar-refractivity contribution < 1.29 is 22.7 Å². The first kappa shape index (κ1) is 27.2. The molecule has 0 aliphatic carbocycles. The average molecular weight is 564 g/mol. The van der Waals surface area contributed by atoms with E-state index in [-0.39, 0.29) is 10.9 Å². The van der Waals surface area contributed by atoms with Crippen molar-refractivity contribution in [3.05, 3.63) is 66.2 Å². The van der Waals surface area contributed by atoms with Gasteiger partial charge in [0.1, 0.15) is 0 Å². The highest BCUT2D eigenvalue weighted by Crippen LogP contribution is 2.27. The standard InChI is InChI=1S/C27H29N7O5S/c1-2-39-25-24-23(32-26(33-25)29-17-18-3-9-21(10-4-18)40(28,36)37)12-11-22(31-24)19-5-7-20(8-6-19)30-27(35)34-13-15-38-16-14-34/h3-12H,2,13-17H2,1H3,(H,30,35)(H2,28,36,37)(H,29,32,33). The van der Waals surface area contributed by atoms with E-state index in [1.807, 2.05) is 43.3 Å². The number of nitrogens with one attached hydrogen (secondary N) is 2. The number of sulfonamides is 1. The molecule has 1 aliphatic rings. The lowest BCUT2D eigenvalue weighted by atomic mass is 10.1. The van der Waals surface area contributed by atoms with Crippen LogP contribution in [0.4, 0.5) is 16.4 Å². The molecule has 2 aromatic heterocycles. The SMILES string of the molecule is CCOc1nc(NCc2ccc(S(N)(=O)=O)cc2)nc2ccc(-c3ccc(NC(=O)N4CCOCC4)cc3)nc12. The van der Waals surface area contributed by atoms with Crippen LogP contribution in [0.2, 0.25) is 0 Å². The molecule has 4 aromatic rings. The van der Waals surface area contributed by atoms with Gasteiger partial charge in [-0.15, -0.1) is 0 Å². The number of morpholine rings is 1. The van der Waals surface area contributed by atoms with E-state index in [1.54, 1.807) is 17.0 Å². The van der Waals surface area contributed by atoms with Crippen LogP contribution in [0.1, 0.15) is 12.5 Å². The normalized spacial score (nSPS) is 13.7. The summed E-state index contributed by atoms with van der Waals surface area (Å²) in [6.07, 6.45) is 0. The third-order valence-electron chi connectivity index (χ3n) is 6.22. The summed E-state index contributed by atoms with van der Waals surface area (Å²) in [5, 5.41) is 11.2. The Hall–Kier alpha value is -4.33. The number of fused-ring (bicyclic) bond motifs is 1. The molecule has 4 N–H and O–H groups in total. The highest BCUT2D eigenvalue weighted by atomic mass is 32.2. The van der Waals surface area contributed by atoms with E-state index >= 15 is 0 Å². The van der Waals surface area contributed by atoms with Crippen molar-refractivity contribution in [2.45, 2.75) is 18.4 Å². The number of hydrogen-bond acceptors (Lipinski definition) is 9. The fourth-order valence-corrected chi connectivity index (χ4v) is 4.65. The fourth-order valence-electron chi connectivity index (χ4n) is 4.14. The van der Waals surface area contributed by atoms with Crippen LogP contribution < -0.4 is 20.5 Å². The Kier molecular flexibility index (Phi) is 8.05. The van der Waals surface area contributed by atoms with Crippen molar-refractivity contribution in [1.82, 2.24) is 19.9 Å². The first-order valence-electron chi connectivity index (χ1n) is 12.7. The molecule has 40 heavy (non-hydrogen) atoms. The van der Waals surface area contributed by atoms with Crippen LogP contribution >= 0.6 is 0 Å². The average Bonchev–Trinajstić information content (AvgIpc) is 2.97. The molecule has 1 fully saturated rings. The maximum atomic E-state index is 12.5. The monoisotopic (exact) mass is 563 g/mol.